The largest absolute Gasteiger partial charge is 0.496 e. The molecule has 1 aromatic rings. The lowest BCUT2D eigenvalue weighted by molar-refractivity contribution is -0.0238. The third-order valence-corrected chi connectivity index (χ3v) is 3.68. The third kappa shape index (κ3) is 3.28. The molecule has 1 aliphatic heterocycles. The van der Waals surface area contributed by atoms with Crippen LogP contribution in [-0.2, 0) is 4.74 Å². The van der Waals surface area contributed by atoms with Crippen LogP contribution < -0.4 is 10.1 Å². The molecule has 0 spiro atoms. The van der Waals surface area contributed by atoms with Crippen LogP contribution in [0.4, 0.5) is 0 Å². The van der Waals surface area contributed by atoms with Gasteiger partial charge in [-0.25, -0.2) is 0 Å². The minimum atomic E-state index is 0.0572. The molecule has 0 aliphatic carbocycles. The van der Waals surface area contributed by atoms with E-state index in [4.69, 9.17) is 9.47 Å². The zero-order valence-corrected chi connectivity index (χ0v) is 12.6. The van der Waals surface area contributed by atoms with Crippen molar-refractivity contribution in [1.82, 2.24) is 5.32 Å². The summed E-state index contributed by atoms with van der Waals surface area (Å²) in [6.45, 7) is 10.2. The van der Waals surface area contributed by atoms with E-state index in [2.05, 4.69) is 51.2 Å². The van der Waals surface area contributed by atoms with Gasteiger partial charge in [-0.05, 0) is 31.4 Å². The van der Waals surface area contributed by atoms with Gasteiger partial charge >= 0.3 is 0 Å². The Morgan fingerprint density at radius 1 is 1.37 bits per heavy atom. The van der Waals surface area contributed by atoms with Crippen molar-refractivity contribution in [3.8, 4) is 5.75 Å². The molecule has 1 heterocycles. The van der Waals surface area contributed by atoms with Crippen molar-refractivity contribution in [2.24, 2.45) is 0 Å². The Kier molecular flexibility index (Phi) is 4.16. The molecule has 1 aliphatic rings. The highest BCUT2D eigenvalue weighted by molar-refractivity contribution is 5.40. The molecule has 2 rings (SSSR count). The Hall–Kier alpha value is -1.06. The van der Waals surface area contributed by atoms with Gasteiger partial charge in [0.15, 0.2) is 0 Å². The number of morpholine rings is 1. The lowest BCUT2D eigenvalue weighted by atomic mass is 9.97. The molecule has 1 aromatic carbocycles. The Morgan fingerprint density at radius 2 is 2.11 bits per heavy atom. The molecule has 1 N–H and O–H groups in total. The van der Waals surface area contributed by atoms with Gasteiger partial charge in [0.2, 0.25) is 0 Å². The molecular weight excluding hydrogens is 238 g/mol. The zero-order chi connectivity index (χ0) is 14.0. The van der Waals surface area contributed by atoms with E-state index in [1.165, 1.54) is 5.56 Å². The molecule has 1 saturated heterocycles. The van der Waals surface area contributed by atoms with Crippen LogP contribution in [0.3, 0.4) is 0 Å². The van der Waals surface area contributed by atoms with Crippen molar-refractivity contribution in [2.75, 3.05) is 20.3 Å². The molecule has 1 atom stereocenters. The number of methoxy groups -OCH3 is 1. The molecular formula is C16H25NO2. The number of benzene rings is 1. The predicted octanol–water partition coefficient (Wildman–Crippen LogP) is 3.26. The summed E-state index contributed by atoms with van der Waals surface area (Å²) in [5, 5.41) is 3.52. The molecule has 3 nitrogen and oxygen atoms in total. The number of nitrogens with one attached hydrogen (secondary N) is 1. The van der Waals surface area contributed by atoms with E-state index >= 15 is 0 Å². The van der Waals surface area contributed by atoms with Crippen LogP contribution in [0.2, 0.25) is 0 Å². The van der Waals surface area contributed by atoms with E-state index in [-0.39, 0.29) is 11.6 Å². The Labute approximate surface area is 116 Å². The highest BCUT2D eigenvalue weighted by Gasteiger charge is 2.29. The molecule has 0 saturated carbocycles. The van der Waals surface area contributed by atoms with Gasteiger partial charge < -0.3 is 14.8 Å². The maximum absolute atomic E-state index is 5.98. The van der Waals surface area contributed by atoms with Gasteiger partial charge in [0.25, 0.3) is 0 Å². The van der Waals surface area contributed by atoms with Gasteiger partial charge in [0.05, 0.1) is 19.8 Å². The molecule has 1 fully saturated rings. The first-order valence-corrected chi connectivity index (χ1v) is 6.97. The number of hydrogen-bond donors (Lipinski definition) is 1. The van der Waals surface area contributed by atoms with Crippen molar-refractivity contribution in [3.63, 3.8) is 0 Å². The van der Waals surface area contributed by atoms with Crippen LogP contribution in [0.1, 0.15) is 50.8 Å². The van der Waals surface area contributed by atoms with Crippen LogP contribution in [0.25, 0.3) is 0 Å². The second kappa shape index (κ2) is 5.51. The number of hydrogen-bond acceptors (Lipinski definition) is 3. The molecule has 19 heavy (non-hydrogen) atoms. The fourth-order valence-corrected chi connectivity index (χ4v) is 2.34. The summed E-state index contributed by atoms with van der Waals surface area (Å²) in [6.07, 6.45) is 0.0733. The second-order valence-corrected chi connectivity index (χ2v) is 6.22. The highest BCUT2D eigenvalue weighted by atomic mass is 16.5. The monoisotopic (exact) mass is 263 g/mol. The molecule has 0 bridgehead atoms. The van der Waals surface area contributed by atoms with E-state index in [1.54, 1.807) is 7.11 Å². The van der Waals surface area contributed by atoms with Gasteiger partial charge in [-0.1, -0.05) is 26.0 Å². The van der Waals surface area contributed by atoms with Crippen LogP contribution in [0.5, 0.6) is 5.75 Å². The number of rotatable bonds is 3. The summed E-state index contributed by atoms with van der Waals surface area (Å²) in [5.74, 6) is 1.44. The van der Waals surface area contributed by atoms with Crippen LogP contribution in [0.15, 0.2) is 18.2 Å². The lowest BCUT2D eigenvalue weighted by Gasteiger charge is -2.36. The molecule has 3 heteroatoms. The summed E-state index contributed by atoms with van der Waals surface area (Å²) in [6, 6.07) is 6.44. The minimum absolute atomic E-state index is 0.0572. The zero-order valence-electron chi connectivity index (χ0n) is 12.6. The smallest absolute Gasteiger partial charge is 0.125 e. The Balaban J connectivity index is 2.21. The molecule has 0 amide bonds. The van der Waals surface area contributed by atoms with Crippen molar-refractivity contribution in [2.45, 2.75) is 45.3 Å². The average molecular weight is 263 g/mol. The van der Waals surface area contributed by atoms with E-state index in [0.717, 1.165) is 17.9 Å². The van der Waals surface area contributed by atoms with Crippen molar-refractivity contribution < 1.29 is 9.47 Å². The molecule has 0 aromatic heterocycles. The molecule has 106 valence electrons. The highest BCUT2D eigenvalue weighted by Crippen LogP contribution is 2.33. The standard InChI is InChI=1S/C16H25NO2/c1-11(2)12-6-7-13(14(8-12)18-5)15-9-17-16(3,4)10-19-15/h6-8,11,15,17H,9-10H2,1-5H3. The van der Waals surface area contributed by atoms with Crippen LogP contribution in [0, 0.1) is 0 Å². The summed E-state index contributed by atoms with van der Waals surface area (Å²) in [4.78, 5) is 0. The SMILES string of the molecule is COc1cc(C(C)C)ccc1C1CNC(C)(C)CO1. The lowest BCUT2D eigenvalue weighted by Crippen LogP contribution is -2.50. The second-order valence-electron chi connectivity index (χ2n) is 6.22. The quantitative estimate of drug-likeness (QED) is 0.908. The predicted molar refractivity (Wildman–Crippen MR) is 77.9 cm³/mol. The Morgan fingerprint density at radius 3 is 2.63 bits per heavy atom. The first kappa shape index (κ1) is 14.4. The van der Waals surface area contributed by atoms with Crippen LogP contribution in [-0.4, -0.2) is 25.8 Å². The number of ether oxygens (including phenoxy) is 2. The normalized spacial score (nSPS) is 22.5. The maximum Gasteiger partial charge on any atom is 0.125 e. The summed E-state index contributed by atoms with van der Waals surface area (Å²) < 4.78 is 11.5. The van der Waals surface area contributed by atoms with Crippen molar-refractivity contribution in [3.05, 3.63) is 29.3 Å². The average Bonchev–Trinajstić information content (AvgIpc) is 2.38. The first-order chi connectivity index (χ1) is 8.93. The van der Waals surface area contributed by atoms with Crippen LogP contribution >= 0.6 is 0 Å². The van der Waals surface area contributed by atoms with E-state index in [1.807, 2.05) is 0 Å². The summed E-state index contributed by atoms with van der Waals surface area (Å²) in [7, 11) is 1.73. The first-order valence-electron chi connectivity index (χ1n) is 6.97. The van der Waals surface area contributed by atoms with E-state index in [9.17, 15) is 0 Å². The van der Waals surface area contributed by atoms with Gasteiger partial charge in [-0.15, -0.1) is 0 Å². The summed E-state index contributed by atoms with van der Waals surface area (Å²) in [5.41, 5.74) is 2.49. The minimum Gasteiger partial charge on any atom is -0.496 e. The van der Waals surface area contributed by atoms with Gasteiger partial charge in [0, 0.05) is 17.6 Å². The fourth-order valence-electron chi connectivity index (χ4n) is 2.34. The fraction of sp³-hybridized carbons (Fsp3) is 0.625. The van der Waals surface area contributed by atoms with E-state index < -0.39 is 0 Å². The summed E-state index contributed by atoms with van der Waals surface area (Å²) >= 11 is 0. The Bertz CT molecular complexity index is 430. The topological polar surface area (TPSA) is 30.5 Å². The third-order valence-electron chi connectivity index (χ3n) is 3.68. The molecule has 0 radical (unpaired) electrons. The van der Waals surface area contributed by atoms with Crippen molar-refractivity contribution in [1.29, 1.82) is 0 Å². The van der Waals surface area contributed by atoms with Crippen molar-refractivity contribution >= 4 is 0 Å². The van der Waals surface area contributed by atoms with Gasteiger partial charge in [-0.3, -0.25) is 0 Å². The van der Waals surface area contributed by atoms with Gasteiger partial charge in [-0.2, -0.15) is 0 Å². The molecule has 1 unspecified atom stereocenters. The van der Waals surface area contributed by atoms with E-state index in [0.29, 0.717) is 12.5 Å². The maximum atomic E-state index is 5.98. The van der Waals surface area contributed by atoms with Gasteiger partial charge in [0.1, 0.15) is 5.75 Å².